The van der Waals surface area contributed by atoms with Crippen LogP contribution >= 0.6 is 0 Å². The van der Waals surface area contributed by atoms with E-state index in [9.17, 15) is 9.18 Å². The number of rotatable bonds is 3. The lowest BCUT2D eigenvalue weighted by Gasteiger charge is -2.11. The minimum atomic E-state index is -0.273. The summed E-state index contributed by atoms with van der Waals surface area (Å²) in [6.07, 6.45) is 0. The van der Waals surface area contributed by atoms with Gasteiger partial charge in [0.05, 0.1) is 0 Å². The van der Waals surface area contributed by atoms with Gasteiger partial charge in [-0.3, -0.25) is 4.79 Å². The van der Waals surface area contributed by atoms with Gasteiger partial charge < -0.3 is 11.1 Å². The van der Waals surface area contributed by atoms with E-state index in [0.29, 0.717) is 11.3 Å². The molecule has 4 heteroatoms. The highest BCUT2D eigenvalue weighted by atomic mass is 19.1. The van der Waals surface area contributed by atoms with E-state index in [1.54, 1.807) is 24.3 Å². The van der Waals surface area contributed by atoms with Crippen LogP contribution in [0.4, 0.5) is 21.5 Å². The standard InChI is InChI=1S/C15H15FN2O/c1-9-7-11(16)3-6-15(9)18-12-4-5-14(17)13(8-12)10(2)19/h3-8,18H,17H2,1-2H3. The van der Waals surface area contributed by atoms with Crippen LogP contribution in [0.15, 0.2) is 36.4 Å². The summed E-state index contributed by atoms with van der Waals surface area (Å²) in [6, 6.07) is 9.65. The lowest BCUT2D eigenvalue weighted by atomic mass is 10.1. The first-order valence-corrected chi connectivity index (χ1v) is 5.91. The molecule has 0 aliphatic carbocycles. The molecule has 0 spiro atoms. The van der Waals surface area contributed by atoms with Crippen molar-refractivity contribution in [2.45, 2.75) is 13.8 Å². The zero-order valence-corrected chi connectivity index (χ0v) is 10.8. The molecule has 0 aliphatic heterocycles. The molecule has 0 aliphatic rings. The first kappa shape index (κ1) is 13.1. The Balaban J connectivity index is 2.33. The highest BCUT2D eigenvalue weighted by molar-refractivity contribution is 6.00. The molecule has 0 fully saturated rings. The van der Waals surface area contributed by atoms with Crippen molar-refractivity contribution in [2.75, 3.05) is 11.1 Å². The van der Waals surface area contributed by atoms with Gasteiger partial charge in [0.15, 0.2) is 5.78 Å². The molecule has 0 saturated carbocycles. The Labute approximate surface area is 111 Å². The largest absolute Gasteiger partial charge is 0.398 e. The molecule has 0 bridgehead atoms. The lowest BCUT2D eigenvalue weighted by Crippen LogP contribution is -2.01. The maximum atomic E-state index is 13.0. The molecular formula is C15H15FN2O. The maximum absolute atomic E-state index is 13.0. The molecule has 0 atom stereocenters. The molecule has 0 heterocycles. The Bertz CT molecular complexity index is 638. The number of nitrogen functional groups attached to an aromatic ring is 1. The average Bonchev–Trinajstić information content (AvgIpc) is 2.34. The van der Waals surface area contributed by atoms with E-state index in [1.807, 2.05) is 6.92 Å². The number of carbonyl (C=O) groups is 1. The van der Waals surface area contributed by atoms with Crippen LogP contribution in [0.5, 0.6) is 0 Å². The van der Waals surface area contributed by atoms with Gasteiger partial charge in [0, 0.05) is 22.6 Å². The van der Waals surface area contributed by atoms with Gasteiger partial charge in [0.2, 0.25) is 0 Å². The van der Waals surface area contributed by atoms with Crippen molar-refractivity contribution in [1.82, 2.24) is 0 Å². The highest BCUT2D eigenvalue weighted by Gasteiger charge is 2.07. The quantitative estimate of drug-likeness (QED) is 0.652. The lowest BCUT2D eigenvalue weighted by molar-refractivity contribution is 0.101. The van der Waals surface area contributed by atoms with Crippen molar-refractivity contribution < 1.29 is 9.18 Å². The summed E-state index contributed by atoms with van der Waals surface area (Å²) in [4.78, 5) is 11.4. The van der Waals surface area contributed by atoms with Gasteiger partial charge in [-0.25, -0.2) is 4.39 Å². The summed E-state index contributed by atoms with van der Waals surface area (Å²) in [5.41, 5.74) is 8.99. The second-order valence-corrected chi connectivity index (χ2v) is 4.44. The van der Waals surface area contributed by atoms with E-state index in [2.05, 4.69) is 5.32 Å². The molecule has 2 aromatic carbocycles. The highest BCUT2D eigenvalue weighted by Crippen LogP contribution is 2.24. The van der Waals surface area contributed by atoms with Crippen LogP contribution in [0.2, 0.25) is 0 Å². The van der Waals surface area contributed by atoms with Gasteiger partial charge >= 0.3 is 0 Å². The number of Topliss-reactive ketones (excluding diaryl/α,β-unsaturated/α-hetero) is 1. The second-order valence-electron chi connectivity index (χ2n) is 4.44. The van der Waals surface area contributed by atoms with Crippen molar-refractivity contribution in [3.63, 3.8) is 0 Å². The maximum Gasteiger partial charge on any atom is 0.161 e. The molecule has 2 aromatic rings. The molecule has 0 saturated heterocycles. The van der Waals surface area contributed by atoms with E-state index in [-0.39, 0.29) is 11.6 Å². The fourth-order valence-corrected chi connectivity index (χ4v) is 1.86. The van der Waals surface area contributed by atoms with E-state index < -0.39 is 0 Å². The topological polar surface area (TPSA) is 55.1 Å². The predicted molar refractivity (Wildman–Crippen MR) is 75.3 cm³/mol. The molecule has 19 heavy (non-hydrogen) atoms. The smallest absolute Gasteiger partial charge is 0.161 e. The molecule has 0 aromatic heterocycles. The molecule has 3 N–H and O–H groups in total. The Morgan fingerprint density at radius 2 is 1.95 bits per heavy atom. The summed E-state index contributed by atoms with van der Waals surface area (Å²) in [5.74, 6) is -0.359. The van der Waals surface area contributed by atoms with Crippen LogP contribution in [0.25, 0.3) is 0 Å². The van der Waals surface area contributed by atoms with E-state index in [0.717, 1.165) is 16.9 Å². The normalized spacial score (nSPS) is 10.3. The molecule has 3 nitrogen and oxygen atoms in total. The minimum absolute atomic E-state index is 0.0861. The van der Waals surface area contributed by atoms with Gasteiger partial charge in [-0.1, -0.05) is 0 Å². The fourth-order valence-electron chi connectivity index (χ4n) is 1.86. The van der Waals surface area contributed by atoms with Crippen molar-refractivity contribution in [2.24, 2.45) is 0 Å². The summed E-state index contributed by atoms with van der Waals surface area (Å²) in [7, 11) is 0. The number of aryl methyl sites for hydroxylation is 1. The van der Waals surface area contributed by atoms with Crippen LogP contribution in [-0.2, 0) is 0 Å². The summed E-state index contributed by atoms with van der Waals surface area (Å²) in [5, 5.41) is 3.15. The Morgan fingerprint density at radius 1 is 1.21 bits per heavy atom. The van der Waals surface area contributed by atoms with Gasteiger partial charge in [-0.15, -0.1) is 0 Å². The zero-order chi connectivity index (χ0) is 14.0. The van der Waals surface area contributed by atoms with Crippen LogP contribution in [0, 0.1) is 12.7 Å². The first-order valence-electron chi connectivity index (χ1n) is 5.91. The summed E-state index contributed by atoms with van der Waals surface area (Å²) >= 11 is 0. The van der Waals surface area contributed by atoms with E-state index >= 15 is 0 Å². The number of hydrogen-bond acceptors (Lipinski definition) is 3. The molecular weight excluding hydrogens is 243 g/mol. The van der Waals surface area contributed by atoms with Crippen LogP contribution in [0.3, 0.4) is 0 Å². The fraction of sp³-hybridized carbons (Fsp3) is 0.133. The number of carbonyl (C=O) groups excluding carboxylic acids is 1. The van der Waals surface area contributed by atoms with Gasteiger partial charge in [0.1, 0.15) is 5.82 Å². The molecule has 0 amide bonds. The number of benzene rings is 2. The van der Waals surface area contributed by atoms with Gasteiger partial charge in [-0.05, 0) is 55.8 Å². The second kappa shape index (κ2) is 5.10. The molecule has 98 valence electrons. The minimum Gasteiger partial charge on any atom is -0.398 e. The van der Waals surface area contributed by atoms with Crippen LogP contribution in [0.1, 0.15) is 22.8 Å². The number of hydrogen-bond donors (Lipinski definition) is 2. The van der Waals surface area contributed by atoms with Crippen molar-refractivity contribution in [3.05, 3.63) is 53.3 Å². The SMILES string of the molecule is CC(=O)c1cc(Nc2ccc(F)cc2C)ccc1N. The summed E-state index contributed by atoms with van der Waals surface area (Å²) in [6.45, 7) is 3.28. The summed E-state index contributed by atoms with van der Waals surface area (Å²) < 4.78 is 13.0. The first-order chi connectivity index (χ1) is 8.97. The Morgan fingerprint density at radius 3 is 2.58 bits per heavy atom. The number of halogens is 1. The number of nitrogens with one attached hydrogen (secondary N) is 1. The number of anilines is 3. The number of nitrogens with two attached hydrogens (primary N) is 1. The van der Waals surface area contributed by atoms with Crippen LogP contribution in [-0.4, -0.2) is 5.78 Å². The van der Waals surface area contributed by atoms with Gasteiger partial charge in [0.25, 0.3) is 0 Å². The molecule has 2 rings (SSSR count). The van der Waals surface area contributed by atoms with E-state index in [4.69, 9.17) is 5.73 Å². The van der Waals surface area contributed by atoms with Crippen molar-refractivity contribution >= 4 is 22.8 Å². The third-order valence-electron chi connectivity index (χ3n) is 2.90. The Kier molecular flexibility index (Phi) is 3.51. The Hall–Kier alpha value is -2.36. The van der Waals surface area contributed by atoms with Crippen molar-refractivity contribution in [3.8, 4) is 0 Å². The van der Waals surface area contributed by atoms with Crippen LogP contribution < -0.4 is 11.1 Å². The van der Waals surface area contributed by atoms with Crippen molar-refractivity contribution in [1.29, 1.82) is 0 Å². The van der Waals surface area contributed by atoms with E-state index in [1.165, 1.54) is 19.1 Å². The predicted octanol–water partition coefficient (Wildman–Crippen LogP) is 3.66. The third-order valence-corrected chi connectivity index (χ3v) is 2.90. The molecule has 0 radical (unpaired) electrons. The number of ketones is 1. The zero-order valence-electron chi connectivity index (χ0n) is 10.8. The molecule has 0 unspecified atom stereocenters. The monoisotopic (exact) mass is 258 g/mol. The van der Waals surface area contributed by atoms with Gasteiger partial charge in [-0.2, -0.15) is 0 Å². The average molecular weight is 258 g/mol. The third kappa shape index (κ3) is 2.91.